The second-order valence-electron chi connectivity index (χ2n) is 4.95. The molecule has 0 amide bonds. The lowest BCUT2D eigenvalue weighted by molar-refractivity contribution is -0.109. The van der Waals surface area contributed by atoms with Crippen LogP contribution in [0.25, 0.3) is 0 Å². The van der Waals surface area contributed by atoms with Crippen molar-refractivity contribution in [1.82, 2.24) is 15.1 Å². The fourth-order valence-corrected chi connectivity index (χ4v) is 2.78. The van der Waals surface area contributed by atoms with Crippen LogP contribution in [0.3, 0.4) is 0 Å². The van der Waals surface area contributed by atoms with Crippen molar-refractivity contribution in [3.8, 4) is 0 Å². The standard InChI is InChI=1S/C13H23N3O2/c1-14-12(8-11-9-15-16(2)10-11)13(17-3)4-6-18-7-5-13/h9-10,12,14H,4-8H2,1-3H3. The summed E-state index contributed by atoms with van der Waals surface area (Å²) in [5, 5.41) is 7.62. The second kappa shape index (κ2) is 5.82. The Morgan fingerprint density at radius 2 is 2.28 bits per heavy atom. The molecule has 0 spiro atoms. The van der Waals surface area contributed by atoms with E-state index in [2.05, 4.69) is 16.6 Å². The highest BCUT2D eigenvalue weighted by molar-refractivity contribution is 5.09. The van der Waals surface area contributed by atoms with Crippen molar-refractivity contribution in [2.75, 3.05) is 27.4 Å². The van der Waals surface area contributed by atoms with E-state index < -0.39 is 0 Å². The molecule has 0 aromatic carbocycles. The number of methoxy groups -OCH3 is 1. The van der Waals surface area contributed by atoms with E-state index in [0.29, 0.717) is 0 Å². The summed E-state index contributed by atoms with van der Waals surface area (Å²) in [6.45, 7) is 1.55. The van der Waals surface area contributed by atoms with Gasteiger partial charge in [0.05, 0.1) is 11.8 Å². The first-order chi connectivity index (χ1) is 8.70. The van der Waals surface area contributed by atoms with Gasteiger partial charge < -0.3 is 14.8 Å². The van der Waals surface area contributed by atoms with Gasteiger partial charge in [0.15, 0.2) is 0 Å². The number of likely N-dealkylation sites (N-methyl/N-ethyl adjacent to an activating group) is 1. The molecule has 1 saturated heterocycles. The monoisotopic (exact) mass is 253 g/mol. The van der Waals surface area contributed by atoms with Crippen LogP contribution in [0.15, 0.2) is 12.4 Å². The van der Waals surface area contributed by atoms with E-state index in [-0.39, 0.29) is 11.6 Å². The summed E-state index contributed by atoms with van der Waals surface area (Å²) in [4.78, 5) is 0. The third-order valence-electron chi connectivity index (χ3n) is 3.93. The fraction of sp³-hybridized carbons (Fsp3) is 0.769. The van der Waals surface area contributed by atoms with Crippen LogP contribution in [-0.2, 0) is 22.9 Å². The first kappa shape index (κ1) is 13.5. The summed E-state index contributed by atoms with van der Waals surface area (Å²) in [6, 6.07) is 0.288. The van der Waals surface area contributed by atoms with Gasteiger partial charge in [-0.2, -0.15) is 5.10 Å². The number of aromatic nitrogens is 2. The lowest BCUT2D eigenvalue weighted by atomic mass is 9.83. The molecular formula is C13H23N3O2. The Kier molecular flexibility index (Phi) is 4.37. The van der Waals surface area contributed by atoms with E-state index >= 15 is 0 Å². The molecule has 0 radical (unpaired) electrons. The van der Waals surface area contributed by atoms with Gasteiger partial charge in [-0.05, 0) is 19.0 Å². The molecule has 18 heavy (non-hydrogen) atoms. The number of ether oxygens (including phenoxy) is 2. The Balaban J connectivity index is 2.10. The van der Waals surface area contributed by atoms with Crippen LogP contribution in [0.5, 0.6) is 0 Å². The van der Waals surface area contributed by atoms with E-state index in [9.17, 15) is 0 Å². The Hall–Kier alpha value is -0.910. The maximum absolute atomic E-state index is 5.84. The molecule has 0 aliphatic carbocycles. The van der Waals surface area contributed by atoms with Gasteiger partial charge in [0.1, 0.15) is 0 Å². The fourth-order valence-electron chi connectivity index (χ4n) is 2.78. The Morgan fingerprint density at radius 3 is 2.78 bits per heavy atom. The predicted octanol–water partition coefficient (Wildman–Crippen LogP) is 0.746. The molecule has 0 saturated carbocycles. The highest BCUT2D eigenvalue weighted by Gasteiger charge is 2.39. The maximum Gasteiger partial charge on any atom is 0.0877 e. The van der Waals surface area contributed by atoms with Crippen LogP contribution in [0.2, 0.25) is 0 Å². The average molecular weight is 253 g/mol. The minimum absolute atomic E-state index is 0.122. The summed E-state index contributed by atoms with van der Waals surface area (Å²) in [5.74, 6) is 0. The van der Waals surface area contributed by atoms with Crippen LogP contribution in [0, 0.1) is 0 Å². The normalized spacial score (nSPS) is 20.8. The predicted molar refractivity (Wildman–Crippen MR) is 69.6 cm³/mol. The van der Waals surface area contributed by atoms with E-state index in [1.165, 1.54) is 5.56 Å². The van der Waals surface area contributed by atoms with Crippen molar-refractivity contribution >= 4 is 0 Å². The van der Waals surface area contributed by atoms with Gasteiger partial charge >= 0.3 is 0 Å². The Labute approximate surface area is 108 Å². The lowest BCUT2D eigenvalue weighted by Crippen LogP contribution is -2.55. The van der Waals surface area contributed by atoms with Crippen molar-refractivity contribution in [2.24, 2.45) is 7.05 Å². The van der Waals surface area contributed by atoms with E-state index in [4.69, 9.17) is 9.47 Å². The summed E-state index contributed by atoms with van der Waals surface area (Å²) >= 11 is 0. The van der Waals surface area contributed by atoms with Gasteiger partial charge in [-0.15, -0.1) is 0 Å². The molecule has 1 aromatic heterocycles. The van der Waals surface area contributed by atoms with Gasteiger partial charge in [0.2, 0.25) is 0 Å². The van der Waals surface area contributed by atoms with Gasteiger partial charge in [0, 0.05) is 52.5 Å². The van der Waals surface area contributed by atoms with Gasteiger partial charge in [-0.25, -0.2) is 0 Å². The molecular weight excluding hydrogens is 230 g/mol. The molecule has 102 valence electrons. The third-order valence-corrected chi connectivity index (χ3v) is 3.93. The molecule has 1 aliphatic rings. The molecule has 5 nitrogen and oxygen atoms in total. The van der Waals surface area contributed by atoms with E-state index in [1.54, 1.807) is 7.11 Å². The zero-order valence-corrected chi connectivity index (χ0v) is 11.5. The number of hydrogen-bond acceptors (Lipinski definition) is 4. The highest BCUT2D eigenvalue weighted by Crippen LogP contribution is 2.29. The molecule has 0 bridgehead atoms. The van der Waals surface area contributed by atoms with Crippen LogP contribution < -0.4 is 5.32 Å². The number of hydrogen-bond donors (Lipinski definition) is 1. The molecule has 1 unspecified atom stereocenters. The maximum atomic E-state index is 5.84. The summed E-state index contributed by atoms with van der Waals surface area (Å²) in [5.41, 5.74) is 1.11. The van der Waals surface area contributed by atoms with Gasteiger partial charge in [-0.1, -0.05) is 0 Å². The molecule has 1 atom stereocenters. The van der Waals surface area contributed by atoms with Crippen molar-refractivity contribution in [2.45, 2.75) is 30.9 Å². The molecule has 2 rings (SSSR count). The molecule has 1 aromatic rings. The zero-order chi connectivity index (χ0) is 13.0. The van der Waals surface area contributed by atoms with Crippen molar-refractivity contribution in [1.29, 1.82) is 0 Å². The van der Waals surface area contributed by atoms with E-state index in [0.717, 1.165) is 32.5 Å². The minimum atomic E-state index is -0.122. The van der Waals surface area contributed by atoms with Crippen LogP contribution in [-0.4, -0.2) is 48.8 Å². The first-order valence-corrected chi connectivity index (χ1v) is 6.48. The number of nitrogens with one attached hydrogen (secondary N) is 1. The highest BCUT2D eigenvalue weighted by atomic mass is 16.5. The number of aryl methyl sites for hydroxylation is 1. The van der Waals surface area contributed by atoms with Crippen molar-refractivity contribution in [3.63, 3.8) is 0 Å². The molecule has 1 fully saturated rings. The van der Waals surface area contributed by atoms with Gasteiger partial charge in [0.25, 0.3) is 0 Å². The smallest absolute Gasteiger partial charge is 0.0877 e. The van der Waals surface area contributed by atoms with Crippen LogP contribution in [0.1, 0.15) is 18.4 Å². The van der Waals surface area contributed by atoms with Crippen molar-refractivity contribution < 1.29 is 9.47 Å². The first-order valence-electron chi connectivity index (χ1n) is 6.48. The quantitative estimate of drug-likeness (QED) is 0.841. The van der Waals surface area contributed by atoms with E-state index in [1.807, 2.05) is 25.0 Å². The molecule has 1 aliphatic heterocycles. The average Bonchev–Trinajstić information content (AvgIpc) is 2.82. The van der Waals surface area contributed by atoms with Crippen molar-refractivity contribution in [3.05, 3.63) is 18.0 Å². The molecule has 1 N–H and O–H groups in total. The summed E-state index contributed by atoms with van der Waals surface area (Å²) in [6.07, 6.45) is 6.79. The summed E-state index contributed by atoms with van der Waals surface area (Å²) < 4.78 is 13.1. The van der Waals surface area contributed by atoms with Gasteiger partial charge in [-0.3, -0.25) is 4.68 Å². The third kappa shape index (κ3) is 2.74. The molecule has 2 heterocycles. The minimum Gasteiger partial charge on any atom is -0.381 e. The molecule has 5 heteroatoms. The SMILES string of the molecule is CNC(Cc1cnn(C)c1)C1(OC)CCOCC1. The largest absolute Gasteiger partial charge is 0.381 e. The number of rotatable bonds is 5. The Morgan fingerprint density at radius 1 is 1.56 bits per heavy atom. The lowest BCUT2D eigenvalue weighted by Gasteiger charge is -2.42. The summed E-state index contributed by atoms with van der Waals surface area (Å²) in [7, 11) is 5.74. The van der Waals surface area contributed by atoms with Crippen LogP contribution >= 0.6 is 0 Å². The Bertz CT molecular complexity index is 372. The number of nitrogens with zero attached hydrogens (tertiary/aromatic N) is 2. The van der Waals surface area contributed by atoms with Crippen LogP contribution in [0.4, 0.5) is 0 Å². The topological polar surface area (TPSA) is 48.3 Å². The second-order valence-corrected chi connectivity index (χ2v) is 4.95. The zero-order valence-electron chi connectivity index (χ0n) is 11.5.